The first-order chi connectivity index (χ1) is 13.5. The monoisotopic (exact) mass is 434 g/mol. The molecule has 2 aromatic carbocycles. The molecule has 0 saturated carbocycles. The van der Waals surface area contributed by atoms with Gasteiger partial charge in [0.15, 0.2) is 7.29 Å². The smallest absolute Gasteiger partial charge is 0.196 e. The lowest BCUT2D eigenvalue weighted by Crippen LogP contribution is -2.44. The lowest BCUT2D eigenvalue weighted by Gasteiger charge is -2.36. The average molecular weight is 435 g/mol. The van der Waals surface area contributed by atoms with Gasteiger partial charge in [-0.1, -0.05) is 90.8 Å². The summed E-state index contributed by atoms with van der Waals surface area (Å²) in [6.07, 6.45) is 0. The lowest BCUT2D eigenvalue weighted by atomic mass is 10.2. The molecule has 1 heterocycles. The molecule has 28 heavy (non-hydrogen) atoms. The molecule has 1 fully saturated rings. The Kier molecular flexibility index (Phi) is 7.56. The van der Waals surface area contributed by atoms with Crippen LogP contribution in [0.25, 0.3) is 10.1 Å². The molecule has 2 aromatic rings. The highest BCUT2D eigenvalue weighted by Crippen LogP contribution is 2.57. The molecule has 6 heteroatoms. The van der Waals surface area contributed by atoms with Gasteiger partial charge < -0.3 is 4.90 Å². The van der Waals surface area contributed by atoms with Gasteiger partial charge in [-0.05, 0) is 17.7 Å². The summed E-state index contributed by atoms with van der Waals surface area (Å²) in [5, 5.41) is 0.964. The minimum absolute atomic E-state index is 0.482. The molecule has 0 bridgehead atoms. The zero-order valence-corrected chi connectivity index (χ0v) is 18.4. The number of piperazine rings is 1. The Morgan fingerprint density at radius 3 is 1.68 bits per heavy atom. The third-order valence-electron chi connectivity index (χ3n) is 4.93. The van der Waals surface area contributed by atoms with E-state index >= 15 is 0 Å². The summed E-state index contributed by atoms with van der Waals surface area (Å²) in [5.41, 5.74) is 1.70. The van der Waals surface area contributed by atoms with Gasteiger partial charge in [0.25, 0.3) is 0 Å². The molecule has 3 rings (SSSR count). The second-order valence-electron chi connectivity index (χ2n) is 6.75. The SMILES string of the molecule is CCN1CCN(P(=O)(/C=C(\Cl)c2ccccc2)/C=C(/Cl)c2ccccc2)CC1. The van der Waals surface area contributed by atoms with Crippen LogP contribution in [0.5, 0.6) is 0 Å². The molecular weight excluding hydrogens is 410 g/mol. The van der Waals surface area contributed by atoms with E-state index in [0.29, 0.717) is 10.1 Å². The van der Waals surface area contributed by atoms with E-state index in [1.165, 1.54) is 0 Å². The summed E-state index contributed by atoms with van der Waals surface area (Å²) < 4.78 is 16.1. The van der Waals surface area contributed by atoms with Gasteiger partial charge in [-0.2, -0.15) is 0 Å². The van der Waals surface area contributed by atoms with Crippen LogP contribution in [0.15, 0.2) is 72.3 Å². The summed E-state index contributed by atoms with van der Waals surface area (Å²) >= 11 is 13.1. The van der Waals surface area contributed by atoms with E-state index < -0.39 is 7.29 Å². The van der Waals surface area contributed by atoms with E-state index in [4.69, 9.17) is 23.2 Å². The van der Waals surface area contributed by atoms with Crippen LogP contribution in [0.4, 0.5) is 0 Å². The Morgan fingerprint density at radius 2 is 1.29 bits per heavy atom. The van der Waals surface area contributed by atoms with Crippen molar-refractivity contribution in [3.05, 3.63) is 83.4 Å². The molecule has 0 aliphatic carbocycles. The third-order valence-corrected chi connectivity index (χ3v) is 8.43. The van der Waals surface area contributed by atoms with Gasteiger partial charge in [0.05, 0.1) is 10.1 Å². The first-order valence-electron chi connectivity index (χ1n) is 9.46. The van der Waals surface area contributed by atoms with E-state index in [9.17, 15) is 4.57 Å². The van der Waals surface area contributed by atoms with E-state index in [1.807, 2.05) is 65.3 Å². The molecule has 0 aromatic heterocycles. The second kappa shape index (κ2) is 9.91. The second-order valence-corrected chi connectivity index (χ2v) is 9.99. The van der Waals surface area contributed by atoms with E-state index in [-0.39, 0.29) is 0 Å². The average Bonchev–Trinajstić information content (AvgIpc) is 2.75. The first-order valence-corrected chi connectivity index (χ1v) is 12.0. The maximum Gasteiger partial charge on any atom is 0.196 e. The van der Waals surface area contributed by atoms with Crippen LogP contribution < -0.4 is 0 Å². The van der Waals surface area contributed by atoms with Crippen molar-refractivity contribution in [2.45, 2.75) is 6.92 Å². The summed E-state index contributed by atoms with van der Waals surface area (Å²) in [4.78, 5) is 2.35. The highest BCUT2D eigenvalue weighted by atomic mass is 35.5. The molecule has 1 aliphatic rings. The van der Waals surface area contributed by atoms with Crippen molar-refractivity contribution >= 4 is 40.6 Å². The zero-order valence-electron chi connectivity index (χ0n) is 16.0. The van der Waals surface area contributed by atoms with Gasteiger partial charge in [0.1, 0.15) is 0 Å². The number of nitrogens with zero attached hydrogens (tertiary/aromatic N) is 2. The van der Waals surface area contributed by atoms with Gasteiger partial charge in [-0.3, -0.25) is 4.57 Å². The van der Waals surface area contributed by atoms with Gasteiger partial charge in [0, 0.05) is 37.8 Å². The molecule has 3 nitrogen and oxygen atoms in total. The number of hydrogen-bond acceptors (Lipinski definition) is 2. The molecule has 0 spiro atoms. The Labute approximate surface area is 177 Å². The normalized spacial score (nSPS) is 19.4. The molecule has 0 N–H and O–H groups in total. The summed E-state index contributed by atoms with van der Waals surface area (Å²) in [7, 11) is -3.06. The van der Waals surface area contributed by atoms with Crippen molar-refractivity contribution in [1.82, 2.24) is 9.57 Å². The predicted octanol–water partition coefficient (Wildman–Crippen LogP) is 6.38. The maximum absolute atomic E-state index is 14.1. The Hall–Kier alpha value is -1.35. The number of halogens is 2. The number of benzene rings is 2. The lowest BCUT2D eigenvalue weighted by molar-refractivity contribution is 0.197. The number of rotatable bonds is 6. The van der Waals surface area contributed by atoms with Crippen LogP contribution in [0.2, 0.25) is 0 Å². The quantitative estimate of drug-likeness (QED) is 0.492. The van der Waals surface area contributed by atoms with E-state index in [2.05, 4.69) is 11.8 Å². The zero-order chi connectivity index (χ0) is 20.0. The van der Waals surface area contributed by atoms with Crippen LogP contribution in [0.3, 0.4) is 0 Å². The number of hydrogen-bond donors (Lipinski definition) is 0. The molecule has 148 valence electrons. The first kappa shape index (κ1) is 21.4. The van der Waals surface area contributed by atoms with Crippen LogP contribution >= 0.6 is 30.5 Å². The van der Waals surface area contributed by atoms with Crippen molar-refractivity contribution in [3.63, 3.8) is 0 Å². The van der Waals surface area contributed by atoms with Crippen molar-refractivity contribution < 1.29 is 4.57 Å². The summed E-state index contributed by atoms with van der Waals surface area (Å²) in [5.74, 6) is 3.38. The Morgan fingerprint density at radius 1 is 0.857 bits per heavy atom. The molecule has 1 aliphatic heterocycles. The molecule has 0 amide bonds. The van der Waals surface area contributed by atoms with Crippen LogP contribution in [0.1, 0.15) is 18.1 Å². The fraction of sp³-hybridized carbons (Fsp3) is 0.273. The summed E-state index contributed by atoms with van der Waals surface area (Å²) in [6.45, 7) is 6.35. The third kappa shape index (κ3) is 5.37. The minimum Gasteiger partial charge on any atom is -0.301 e. The van der Waals surface area contributed by atoms with Crippen molar-refractivity contribution in [2.24, 2.45) is 0 Å². The fourth-order valence-electron chi connectivity index (χ4n) is 3.24. The molecule has 0 radical (unpaired) electrons. The number of likely N-dealkylation sites (N-methyl/N-ethyl adjacent to an activating group) is 1. The Bertz CT molecular complexity index is 816. The van der Waals surface area contributed by atoms with Crippen LogP contribution in [0, 0.1) is 0 Å². The van der Waals surface area contributed by atoms with Crippen LogP contribution in [-0.2, 0) is 4.57 Å². The van der Waals surface area contributed by atoms with Crippen molar-refractivity contribution in [1.29, 1.82) is 0 Å². The van der Waals surface area contributed by atoms with Gasteiger partial charge >= 0.3 is 0 Å². The summed E-state index contributed by atoms with van der Waals surface area (Å²) in [6, 6.07) is 19.2. The highest BCUT2D eigenvalue weighted by Gasteiger charge is 2.30. The largest absolute Gasteiger partial charge is 0.301 e. The predicted molar refractivity (Wildman–Crippen MR) is 122 cm³/mol. The fourth-order valence-corrected chi connectivity index (χ4v) is 6.48. The standard InChI is InChI=1S/C22H25Cl2N2OP/c1-2-25-13-15-26(16-14-25)28(27,17-21(23)19-9-5-3-6-10-19)18-22(24)20-11-7-4-8-12-20/h3-12,17-18H,2,13-16H2,1H3/b21-17-,22-18+. The van der Waals surface area contributed by atoms with Crippen molar-refractivity contribution in [3.8, 4) is 0 Å². The topological polar surface area (TPSA) is 23.6 Å². The Balaban J connectivity index is 1.97. The highest BCUT2D eigenvalue weighted by molar-refractivity contribution is 7.68. The van der Waals surface area contributed by atoms with Crippen LogP contribution in [-0.4, -0.2) is 42.3 Å². The van der Waals surface area contributed by atoms with Gasteiger partial charge in [-0.15, -0.1) is 0 Å². The van der Waals surface area contributed by atoms with Crippen molar-refractivity contribution in [2.75, 3.05) is 32.7 Å². The molecule has 1 atom stereocenters. The molecular formula is C22H25Cl2N2OP. The van der Waals surface area contributed by atoms with E-state index in [0.717, 1.165) is 43.9 Å². The maximum atomic E-state index is 14.1. The molecule has 1 saturated heterocycles. The molecule has 1 unspecified atom stereocenters. The van der Waals surface area contributed by atoms with Gasteiger partial charge in [-0.25, -0.2) is 4.67 Å². The van der Waals surface area contributed by atoms with Gasteiger partial charge in [0.2, 0.25) is 0 Å². The minimum atomic E-state index is -3.06. The van der Waals surface area contributed by atoms with E-state index in [1.54, 1.807) is 11.6 Å².